The summed E-state index contributed by atoms with van der Waals surface area (Å²) in [6, 6.07) is 5.34. The summed E-state index contributed by atoms with van der Waals surface area (Å²) in [6.07, 6.45) is 0. The lowest BCUT2D eigenvalue weighted by Gasteiger charge is -2.13. The Kier molecular flexibility index (Phi) is 3.35. The van der Waals surface area contributed by atoms with E-state index in [-0.39, 0.29) is 6.04 Å². The summed E-state index contributed by atoms with van der Waals surface area (Å²) in [7, 11) is 0. The van der Waals surface area contributed by atoms with Gasteiger partial charge in [-0.15, -0.1) is 0 Å². The van der Waals surface area contributed by atoms with Crippen LogP contribution in [0.5, 0.6) is 0 Å². The molecule has 1 rings (SSSR count). The van der Waals surface area contributed by atoms with E-state index in [0.29, 0.717) is 10.0 Å². The molecule has 1 aromatic carbocycles. The van der Waals surface area contributed by atoms with Crippen LogP contribution in [0, 0.1) is 0 Å². The Morgan fingerprint density at radius 2 is 1.83 bits per heavy atom. The maximum Gasteiger partial charge on any atom is 0.0469 e. The highest BCUT2D eigenvalue weighted by Crippen LogP contribution is 2.29. The zero-order valence-electron chi connectivity index (χ0n) is 6.64. The maximum absolute atomic E-state index is 5.92. The molecule has 4 heteroatoms. The van der Waals surface area contributed by atoms with Crippen molar-refractivity contribution >= 4 is 23.2 Å². The first-order valence-electron chi connectivity index (χ1n) is 3.57. The minimum Gasteiger partial charge on any atom is -0.271 e. The lowest BCUT2D eigenvalue weighted by molar-refractivity contribution is 0.603. The molecule has 0 aliphatic heterocycles. The number of hydrazine groups is 1. The van der Waals surface area contributed by atoms with E-state index in [2.05, 4.69) is 5.43 Å². The molecule has 0 heterocycles. The third-order valence-electron chi connectivity index (χ3n) is 1.68. The number of benzene rings is 1. The second kappa shape index (κ2) is 4.10. The van der Waals surface area contributed by atoms with Gasteiger partial charge in [0.2, 0.25) is 0 Å². The van der Waals surface area contributed by atoms with E-state index in [1.807, 2.05) is 6.92 Å². The summed E-state index contributed by atoms with van der Waals surface area (Å²) in [5.74, 6) is 5.27. The molecule has 2 nitrogen and oxygen atoms in total. The zero-order chi connectivity index (χ0) is 9.14. The van der Waals surface area contributed by atoms with Crippen molar-refractivity contribution in [3.05, 3.63) is 33.8 Å². The van der Waals surface area contributed by atoms with Crippen LogP contribution in [0.15, 0.2) is 18.2 Å². The standard InChI is InChI=1S/C8H10Cl2N2/c1-5(12-11)8-6(9)3-2-4-7(8)10/h2-5,12H,11H2,1H3/t5-/m0/s1. The Hall–Kier alpha value is -0.280. The topological polar surface area (TPSA) is 38.0 Å². The molecule has 1 atom stereocenters. The fourth-order valence-electron chi connectivity index (χ4n) is 1.01. The highest BCUT2D eigenvalue weighted by molar-refractivity contribution is 6.36. The Labute approximate surface area is 81.6 Å². The quantitative estimate of drug-likeness (QED) is 0.575. The SMILES string of the molecule is C[C@H](NN)c1c(Cl)cccc1Cl. The number of rotatable bonds is 2. The molecule has 1 aromatic rings. The molecule has 66 valence electrons. The van der Waals surface area contributed by atoms with Gasteiger partial charge in [-0.2, -0.15) is 0 Å². The van der Waals surface area contributed by atoms with Gasteiger partial charge >= 0.3 is 0 Å². The first-order valence-corrected chi connectivity index (χ1v) is 4.32. The van der Waals surface area contributed by atoms with E-state index in [4.69, 9.17) is 29.0 Å². The van der Waals surface area contributed by atoms with Crippen molar-refractivity contribution in [3.8, 4) is 0 Å². The third-order valence-corrected chi connectivity index (χ3v) is 2.34. The van der Waals surface area contributed by atoms with Crippen LogP contribution in [0.3, 0.4) is 0 Å². The van der Waals surface area contributed by atoms with E-state index in [9.17, 15) is 0 Å². The van der Waals surface area contributed by atoms with Crippen molar-refractivity contribution in [2.24, 2.45) is 5.84 Å². The Morgan fingerprint density at radius 3 is 2.25 bits per heavy atom. The van der Waals surface area contributed by atoms with Gasteiger partial charge in [0.25, 0.3) is 0 Å². The lowest BCUT2D eigenvalue weighted by atomic mass is 10.1. The van der Waals surface area contributed by atoms with Crippen LogP contribution in [-0.4, -0.2) is 0 Å². The molecule has 0 aliphatic rings. The number of nitrogens with two attached hydrogens (primary N) is 1. The summed E-state index contributed by atoms with van der Waals surface area (Å²) >= 11 is 11.8. The van der Waals surface area contributed by atoms with Crippen molar-refractivity contribution in [2.75, 3.05) is 0 Å². The van der Waals surface area contributed by atoms with Gasteiger partial charge in [0.05, 0.1) is 0 Å². The van der Waals surface area contributed by atoms with Crippen molar-refractivity contribution in [1.82, 2.24) is 5.43 Å². The first-order chi connectivity index (χ1) is 5.66. The maximum atomic E-state index is 5.92. The Balaban J connectivity index is 3.12. The van der Waals surface area contributed by atoms with Crippen LogP contribution in [0.4, 0.5) is 0 Å². The van der Waals surface area contributed by atoms with E-state index in [0.717, 1.165) is 5.56 Å². The van der Waals surface area contributed by atoms with Gasteiger partial charge in [-0.1, -0.05) is 29.3 Å². The average molecular weight is 205 g/mol. The van der Waals surface area contributed by atoms with Crippen molar-refractivity contribution in [1.29, 1.82) is 0 Å². The molecule has 0 fully saturated rings. The fraction of sp³-hybridized carbons (Fsp3) is 0.250. The molecular weight excluding hydrogens is 195 g/mol. The summed E-state index contributed by atoms with van der Waals surface area (Å²) < 4.78 is 0. The van der Waals surface area contributed by atoms with E-state index >= 15 is 0 Å². The second-order valence-electron chi connectivity index (χ2n) is 2.52. The molecule has 0 bridgehead atoms. The predicted molar refractivity (Wildman–Crippen MR) is 52.2 cm³/mol. The normalized spacial score (nSPS) is 13.0. The highest BCUT2D eigenvalue weighted by atomic mass is 35.5. The largest absolute Gasteiger partial charge is 0.271 e. The van der Waals surface area contributed by atoms with Gasteiger partial charge < -0.3 is 0 Å². The molecule has 0 unspecified atom stereocenters. The summed E-state index contributed by atoms with van der Waals surface area (Å²) in [6.45, 7) is 1.90. The molecule has 3 N–H and O–H groups in total. The van der Waals surface area contributed by atoms with Crippen molar-refractivity contribution in [2.45, 2.75) is 13.0 Å². The summed E-state index contributed by atoms with van der Waals surface area (Å²) in [5.41, 5.74) is 3.43. The van der Waals surface area contributed by atoms with E-state index < -0.39 is 0 Å². The number of halogens is 2. The van der Waals surface area contributed by atoms with E-state index in [1.165, 1.54) is 0 Å². The van der Waals surface area contributed by atoms with Crippen molar-refractivity contribution in [3.63, 3.8) is 0 Å². The molecule has 0 saturated heterocycles. The van der Waals surface area contributed by atoms with Gasteiger partial charge in [-0.3, -0.25) is 11.3 Å². The fourth-order valence-corrected chi connectivity index (χ4v) is 1.73. The van der Waals surface area contributed by atoms with Crippen LogP contribution in [0.2, 0.25) is 10.0 Å². The van der Waals surface area contributed by atoms with E-state index in [1.54, 1.807) is 18.2 Å². The number of hydrogen-bond acceptors (Lipinski definition) is 2. The highest BCUT2D eigenvalue weighted by Gasteiger charge is 2.10. The molecule has 0 spiro atoms. The van der Waals surface area contributed by atoms with Gasteiger partial charge in [0, 0.05) is 21.7 Å². The number of hydrogen-bond donors (Lipinski definition) is 2. The Bertz CT molecular complexity index is 256. The molecule has 0 aromatic heterocycles. The summed E-state index contributed by atoms with van der Waals surface area (Å²) in [4.78, 5) is 0. The van der Waals surface area contributed by atoms with Gasteiger partial charge in [0.15, 0.2) is 0 Å². The minimum atomic E-state index is -0.0359. The molecular formula is C8H10Cl2N2. The minimum absolute atomic E-state index is 0.0359. The van der Waals surface area contributed by atoms with Gasteiger partial charge in [-0.25, -0.2) is 0 Å². The second-order valence-corrected chi connectivity index (χ2v) is 3.34. The van der Waals surface area contributed by atoms with Crippen LogP contribution in [0.25, 0.3) is 0 Å². The molecule has 0 saturated carbocycles. The number of nitrogens with one attached hydrogen (secondary N) is 1. The third kappa shape index (κ3) is 1.90. The Morgan fingerprint density at radius 1 is 1.33 bits per heavy atom. The van der Waals surface area contributed by atoms with Crippen molar-refractivity contribution < 1.29 is 0 Å². The first kappa shape index (κ1) is 9.81. The van der Waals surface area contributed by atoms with Crippen LogP contribution in [0.1, 0.15) is 18.5 Å². The van der Waals surface area contributed by atoms with Gasteiger partial charge in [-0.05, 0) is 19.1 Å². The molecule has 0 radical (unpaired) electrons. The zero-order valence-corrected chi connectivity index (χ0v) is 8.15. The van der Waals surface area contributed by atoms with Gasteiger partial charge in [0.1, 0.15) is 0 Å². The summed E-state index contributed by atoms with van der Waals surface area (Å²) in [5, 5.41) is 1.26. The molecule has 12 heavy (non-hydrogen) atoms. The molecule has 0 amide bonds. The predicted octanol–water partition coefficient (Wildman–Crippen LogP) is 2.52. The monoisotopic (exact) mass is 204 g/mol. The van der Waals surface area contributed by atoms with Crippen LogP contribution < -0.4 is 11.3 Å². The van der Waals surface area contributed by atoms with Crippen LogP contribution in [-0.2, 0) is 0 Å². The molecule has 0 aliphatic carbocycles. The van der Waals surface area contributed by atoms with Crippen LogP contribution >= 0.6 is 23.2 Å². The lowest BCUT2D eigenvalue weighted by Crippen LogP contribution is -2.26. The smallest absolute Gasteiger partial charge is 0.0469 e. The average Bonchev–Trinajstić information content (AvgIpc) is 2.03.